The summed E-state index contributed by atoms with van der Waals surface area (Å²) in [6.45, 7) is 6.06. The monoisotopic (exact) mass is 376 g/mol. The molecule has 1 saturated heterocycles. The standard InChI is InChI=1S/C21H24N6O/c1-26-7-2-8-27(10-9-26)19-6-5-17(14-23-19)20-24-21(28-25-20)15-3-4-16-12-22-13-18(16)11-15/h3-6,11,14,22H,2,7-10,12-13H2,1H3. The number of nitrogens with zero attached hydrogens (tertiary/aromatic N) is 5. The van der Waals surface area contributed by atoms with Crippen molar-refractivity contribution in [1.29, 1.82) is 0 Å². The molecule has 0 saturated carbocycles. The molecule has 0 aliphatic carbocycles. The van der Waals surface area contributed by atoms with Crippen LogP contribution in [0.1, 0.15) is 17.5 Å². The lowest BCUT2D eigenvalue weighted by molar-refractivity contribution is 0.360. The molecule has 5 rings (SSSR count). The van der Waals surface area contributed by atoms with Crippen LogP contribution < -0.4 is 10.2 Å². The van der Waals surface area contributed by atoms with Gasteiger partial charge in [0, 0.05) is 50.0 Å². The normalized spacial score (nSPS) is 17.5. The van der Waals surface area contributed by atoms with Crippen LogP contribution in [0.15, 0.2) is 41.1 Å². The van der Waals surface area contributed by atoms with Crippen molar-refractivity contribution in [2.75, 3.05) is 38.1 Å². The molecule has 0 atom stereocenters. The first kappa shape index (κ1) is 17.3. The van der Waals surface area contributed by atoms with Gasteiger partial charge < -0.3 is 19.6 Å². The van der Waals surface area contributed by atoms with Gasteiger partial charge in [0.05, 0.1) is 0 Å². The Kier molecular flexibility index (Phi) is 4.54. The summed E-state index contributed by atoms with van der Waals surface area (Å²) < 4.78 is 5.51. The number of anilines is 1. The van der Waals surface area contributed by atoms with Gasteiger partial charge in [0.2, 0.25) is 5.82 Å². The van der Waals surface area contributed by atoms with Crippen LogP contribution in [0.3, 0.4) is 0 Å². The van der Waals surface area contributed by atoms with Crippen molar-refractivity contribution in [3.05, 3.63) is 47.7 Å². The molecule has 7 nitrogen and oxygen atoms in total. The van der Waals surface area contributed by atoms with Gasteiger partial charge >= 0.3 is 0 Å². The Morgan fingerprint density at radius 1 is 0.964 bits per heavy atom. The van der Waals surface area contributed by atoms with Gasteiger partial charge in [-0.05, 0) is 55.4 Å². The van der Waals surface area contributed by atoms with Crippen LogP contribution in [0.4, 0.5) is 5.82 Å². The van der Waals surface area contributed by atoms with Crippen molar-refractivity contribution in [3.8, 4) is 22.8 Å². The molecule has 1 aromatic carbocycles. The average Bonchev–Trinajstić information content (AvgIpc) is 3.35. The van der Waals surface area contributed by atoms with Gasteiger partial charge in [0.1, 0.15) is 5.82 Å². The molecule has 0 amide bonds. The number of aromatic nitrogens is 3. The van der Waals surface area contributed by atoms with Gasteiger partial charge in [-0.3, -0.25) is 0 Å². The van der Waals surface area contributed by atoms with Gasteiger partial charge in [0.15, 0.2) is 0 Å². The number of likely N-dealkylation sites (N-methyl/N-ethyl adjacent to an activating group) is 1. The molecule has 1 fully saturated rings. The summed E-state index contributed by atoms with van der Waals surface area (Å²) in [5.74, 6) is 2.13. The van der Waals surface area contributed by atoms with Crippen LogP contribution in [-0.4, -0.2) is 53.3 Å². The van der Waals surface area contributed by atoms with E-state index in [-0.39, 0.29) is 0 Å². The summed E-state index contributed by atoms with van der Waals surface area (Å²) in [6.07, 6.45) is 3.00. The zero-order valence-corrected chi connectivity index (χ0v) is 16.1. The Balaban J connectivity index is 1.34. The van der Waals surface area contributed by atoms with E-state index in [1.54, 1.807) is 0 Å². The lowest BCUT2D eigenvalue weighted by Crippen LogP contribution is -2.29. The van der Waals surface area contributed by atoms with Gasteiger partial charge in [-0.1, -0.05) is 11.2 Å². The molecule has 2 aliphatic rings. The molecule has 0 unspecified atom stereocenters. The first-order valence-corrected chi connectivity index (χ1v) is 9.83. The lowest BCUT2D eigenvalue weighted by Gasteiger charge is -2.21. The quantitative estimate of drug-likeness (QED) is 0.753. The second-order valence-electron chi connectivity index (χ2n) is 7.56. The molecule has 144 valence electrons. The van der Waals surface area contributed by atoms with E-state index in [4.69, 9.17) is 4.52 Å². The van der Waals surface area contributed by atoms with Gasteiger partial charge in [-0.15, -0.1) is 0 Å². The minimum Gasteiger partial charge on any atom is -0.355 e. The summed E-state index contributed by atoms with van der Waals surface area (Å²) in [6, 6.07) is 10.4. The molecule has 3 aromatic rings. The van der Waals surface area contributed by atoms with Crippen LogP contribution in [0, 0.1) is 0 Å². The highest BCUT2D eigenvalue weighted by Crippen LogP contribution is 2.26. The van der Waals surface area contributed by atoms with Crippen molar-refractivity contribution >= 4 is 5.82 Å². The number of fused-ring (bicyclic) bond motifs is 1. The second kappa shape index (κ2) is 7.33. The summed E-state index contributed by atoms with van der Waals surface area (Å²) in [7, 11) is 2.17. The Morgan fingerprint density at radius 3 is 2.75 bits per heavy atom. The molecule has 2 aliphatic heterocycles. The lowest BCUT2D eigenvalue weighted by atomic mass is 10.1. The van der Waals surface area contributed by atoms with E-state index in [1.807, 2.05) is 18.3 Å². The summed E-state index contributed by atoms with van der Waals surface area (Å²) >= 11 is 0. The van der Waals surface area contributed by atoms with Crippen LogP contribution in [-0.2, 0) is 13.1 Å². The Labute approximate surface area is 164 Å². The highest BCUT2D eigenvalue weighted by Gasteiger charge is 2.17. The van der Waals surface area contributed by atoms with Crippen LogP contribution in [0.5, 0.6) is 0 Å². The van der Waals surface area contributed by atoms with Crippen molar-refractivity contribution in [3.63, 3.8) is 0 Å². The maximum Gasteiger partial charge on any atom is 0.258 e. The predicted molar refractivity (Wildman–Crippen MR) is 108 cm³/mol. The van der Waals surface area contributed by atoms with E-state index in [9.17, 15) is 0 Å². The van der Waals surface area contributed by atoms with Crippen molar-refractivity contribution in [2.45, 2.75) is 19.5 Å². The number of rotatable bonds is 3. The maximum absolute atomic E-state index is 5.51. The molecule has 1 N–H and O–H groups in total. The van der Waals surface area contributed by atoms with E-state index in [0.717, 1.165) is 62.6 Å². The third kappa shape index (κ3) is 3.39. The molecule has 0 spiro atoms. The van der Waals surface area contributed by atoms with Crippen molar-refractivity contribution in [1.82, 2.24) is 25.3 Å². The topological polar surface area (TPSA) is 70.3 Å². The fourth-order valence-corrected chi connectivity index (χ4v) is 3.87. The Bertz CT molecular complexity index is 967. The summed E-state index contributed by atoms with van der Waals surface area (Å²) in [4.78, 5) is 13.9. The minimum absolute atomic E-state index is 0.546. The van der Waals surface area contributed by atoms with E-state index < -0.39 is 0 Å². The predicted octanol–water partition coefficient (Wildman–Crippen LogP) is 2.54. The molecule has 4 heterocycles. The number of nitrogens with one attached hydrogen (secondary N) is 1. The van der Waals surface area contributed by atoms with E-state index >= 15 is 0 Å². The number of pyridine rings is 1. The molecule has 2 aromatic heterocycles. The van der Waals surface area contributed by atoms with Crippen LogP contribution in [0.2, 0.25) is 0 Å². The SMILES string of the molecule is CN1CCCN(c2ccc(-c3noc(-c4ccc5c(c4)CNC5)n3)cn2)CC1. The Hall–Kier alpha value is -2.77. The molecule has 0 bridgehead atoms. The largest absolute Gasteiger partial charge is 0.355 e. The van der Waals surface area contributed by atoms with Crippen molar-refractivity contribution in [2.24, 2.45) is 0 Å². The average molecular weight is 376 g/mol. The van der Waals surface area contributed by atoms with E-state index in [2.05, 4.69) is 55.5 Å². The highest BCUT2D eigenvalue weighted by atomic mass is 16.5. The molecular formula is C21H24N6O. The maximum atomic E-state index is 5.51. The smallest absolute Gasteiger partial charge is 0.258 e. The number of benzene rings is 1. The summed E-state index contributed by atoms with van der Waals surface area (Å²) in [5.41, 5.74) is 4.46. The third-order valence-electron chi connectivity index (χ3n) is 5.56. The third-order valence-corrected chi connectivity index (χ3v) is 5.56. The first-order chi connectivity index (χ1) is 13.8. The fourth-order valence-electron chi connectivity index (χ4n) is 3.87. The molecule has 7 heteroatoms. The van der Waals surface area contributed by atoms with Crippen LogP contribution in [0.25, 0.3) is 22.8 Å². The van der Waals surface area contributed by atoms with Crippen molar-refractivity contribution < 1.29 is 4.52 Å². The Morgan fingerprint density at radius 2 is 1.86 bits per heavy atom. The van der Waals surface area contributed by atoms with Gasteiger partial charge in [0.25, 0.3) is 5.89 Å². The van der Waals surface area contributed by atoms with Gasteiger partial charge in [-0.2, -0.15) is 4.98 Å². The zero-order chi connectivity index (χ0) is 18.9. The fraction of sp³-hybridized carbons (Fsp3) is 0.381. The summed E-state index contributed by atoms with van der Waals surface area (Å²) in [5, 5.41) is 7.52. The molecule has 28 heavy (non-hydrogen) atoms. The second-order valence-corrected chi connectivity index (χ2v) is 7.56. The molecular weight excluding hydrogens is 352 g/mol. The first-order valence-electron chi connectivity index (χ1n) is 9.83. The van der Waals surface area contributed by atoms with Crippen LogP contribution >= 0.6 is 0 Å². The van der Waals surface area contributed by atoms with Gasteiger partial charge in [-0.25, -0.2) is 4.98 Å². The van der Waals surface area contributed by atoms with E-state index in [0.29, 0.717) is 11.7 Å². The minimum atomic E-state index is 0.546. The number of hydrogen-bond acceptors (Lipinski definition) is 7. The molecule has 0 radical (unpaired) electrons. The highest BCUT2D eigenvalue weighted by molar-refractivity contribution is 5.61. The zero-order valence-electron chi connectivity index (χ0n) is 16.1. The van der Waals surface area contributed by atoms with E-state index in [1.165, 1.54) is 11.1 Å². The number of hydrogen-bond donors (Lipinski definition) is 1.